The van der Waals surface area contributed by atoms with Gasteiger partial charge in [0.1, 0.15) is 11.4 Å². The smallest absolute Gasteiger partial charge is 0.319 e. The van der Waals surface area contributed by atoms with E-state index in [-0.39, 0.29) is 12.3 Å². The first kappa shape index (κ1) is 21.5. The number of urea groups is 1. The summed E-state index contributed by atoms with van der Waals surface area (Å²) in [6.07, 6.45) is 0. The van der Waals surface area contributed by atoms with Gasteiger partial charge >= 0.3 is 6.03 Å². The molecule has 1 fully saturated rings. The number of ketones is 1. The molecule has 3 amide bonds. The van der Waals surface area contributed by atoms with Gasteiger partial charge in [0, 0.05) is 22.6 Å². The fourth-order valence-electron chi connectivity index (χ4n) is 4.26. The highest BCUT2D eigenvalue weighted by molar-refractivity contribution is 6.11. The second-order valence-corrected chi connectivity index (χ2v) is 8.34. The lowest BCUT2D eigenvalue weighted by Crippen LogP contribution is -2.41. The van der Waals surface area contributed by atoms with Crippen LogP contribution in [0.4, 0.5) is 9.18 Å². The lowest BCUT2D eigenvalue weighted by Gasteiger charge is -2.22. The first-order valence-electron chi connectivity index (χ1n) is 10.3. The van der Waals surface area contributed by atoms with Gasteiger partial charge in [-0.25, -0.2) is 9.18 Å². The summed E-state index contributed by atoms with van der Waals surface area (Å²) in [5.41, 5.74) is 3.21. The number of benzene rings is 2. The highest BCUT2D eigenvalue weighted by atomic mass is 19.1. The molecule has 2 heterocycles. The Kier molecular flexibility index (Phi) is 5.20. The SMILES string of the molecule is Cc1cccc(-n2c(C)cc(C(=O)CN3C(=O)NC(C)(c4ccc(F)cc4)C3=O)c2C)c1. The Labute approximate surface area is 185 Å². The van der Waals surface area contributed by atoms with Crippen LogP contribution >= 0.6 is 0 Å². The Bertz CT molecular complexity index is 1250. The molecule has 4 rings (SSSR count). The third-order valence-corrected chi connectivity index (χ3v) is 5.99. The van der Waals surface area contributed by atoms with Crippen molar-refractivity contribution >= 4 is 17.7 Å². The highest BCUT2D eigenvalue weighted by Crippen LogP contribution is 2.30. The van der Waals surface area contributed by atoms with E-state index in [9.17, 15) is 18.8 Å². The molecule has 7 heteroatoms. The average molecular weight is 433 g/mol. The number of hydrogen-bond acceptors (Lipinski definition) is 3. The lowest BCUT2D eigenvalue weighted by molar-refractivity contribution is -0.130. The summed E-state index contributed by atoms with van der Waals surface area (Å²) in [6, 6.07) is 14.4. The van der Waals surface area contributed by atoms with Crippen LogP contribution in [-0.2, 0) is 10.3 Å². The molecule has 1 aliphatic rings. The zero-order chi connectivity index (χ0) is 23.2. The standard InChI is InChI=1S/C25H24FN3O3/c1-15-6-5-7-20(12-15)29-16(2)13-21(17(29)3)22(30)14-28-23(31)25(4,27-24(28)32)18-8-10-19(26)11-9-18/h5-13H,14H2,1-4H3,(H,27,32). The fraction of sp³-hybridized carbons (Fsp3) is 0.240. The molecule has 6 nitrogen and oxygen atoms in total. The second kappa shape index (κ2) is 7.75. The summed E-state index contributed by atoms with van der Waals surface area (Å²) in [5, 5.41) is 2.64. The maximum atomic E-state index is 13.3. The number of nitrogens with one attached hydrogen (secondary N) is 1. The van der Waals surface area contributed by atoms with Crippen LogP contribution in [-0.4, -0.2) is 33.7 Å². The zero-order valence-electron chi connectivity index (χ0n) is 18.4. The number of imide groups is 1. The summed E-state index contributed by atoms with van der Waals surface area (Å²) in [7, 11) is 0. The summed E-state index contributed by atoms with van der Waals surface area (Å²) >= 11 is 0. The molecule has 0 spiro atoms. The second-order valence-electron chi connectivity index (χ2n) is 8.34. The largest absolute Gasteiger partial charge is 0.325 e. The van der Waals surface area contributed by atoms with Crippen LogP contribution in [0.1, 0.15) is 39.8 Å². The normalized spacial score (nSPS) is 18.2. The van der Waals surface area contributed by atoms with Crippen LogP contribution in [0.25, 0.3) is 5.69 Å². The molecular formula is C25H24FN3O3. The number of hydrogen-bond donors (Lipinski definition) is 1. The monoisotopic (exact) mass is 433 g/mol. The molecule has 1 atom stereocenters. The van der Waals surface area contributed by atoms with Crippen molar-refractivity contribution in [3.8, 4) is 5.69 Å². The quantitative estimate of drug-likeness (QED) is 0.484. The van der Waals surface area contributed by atoms with E-state index in [1.807, 2.05) is 49.6 Å². The molecular weight excluding hydrogens is 409 g/mol. The minimum Gasteiger partial charge on any atom is -0.319 e. The van der Waals surface area contributed by atoms with E-state index in [0.717, 1.165) is 27.5 Å². The van der Waals surface area contributed by atoms with E-state index in [2.05, 4.69) is 5.32 Å². The molecule has 0 radical (unpaired) electrons. The van der Waals surface area contributed by atoms with Gasteiger partial charge in [0.2, 0.25) is 0 Å². The molecule has 1 N–H and O–H groups in total. The maximum Gasteiger partial charge on any atom is 0.325 e. The summed E-state index contributed by atoms with van der Waals surface area (Å²) in [5.74, 6) is -1.32. The van der Waals surface area contributed by atoms with Gasteiger partial charge in [-0.2, -0.15) is 0 Å². The molecule has 1 aromatic heterocycles. The third-order valence-electron chi connectivity index (χ3n) is 5.99. The number of aryl methyl sites for hydroxylation is 2. The van der Waals surface area contributed by atoms with Crippen molar-refractivity contribution in [3.63, 3.8) is 0 Å². The number of aromatic nitrogens is 1. The van der Waals surface area contributed by atoms with Crippen molar-refractivity contribution in [1.82, 2.24) is 14.8 Å². The molecule has 2 aromatic carbocycles. The Morgan fingerprint density at radius 2 is 1.72 bits per heavy atom. The van der Waals surface area contributed by atoms with Gasteiger partial charge in [-0.05, 0) is 69.2 Å². The van der Waals surface area contributed by atoms with Crippen LogP contribution in [0.2, 0.25) is 0 Å². The van der Waals surface area contributed by atoms with Crippen molar-refractivity contribution in [1.29, 1.82) is 0 Å². The highest BCUT2D eigenvalue weighted by Gasteiger charge is 2.49. The van der Waals surface area contributed by atoms with E-state index in [4.69, 9.17) is 0 Å². The summed E-state index contributed by atoms with van der Waals surface area (Å²) in [6.45, 7) is 6.93. The van der Waals surface area contributed by atoms with Gasteiger partial charge in [-0.1, -0.05) is 24.3 Å². The number of carbonyl (C=O) groups is 3. The Morgan fingerprint density at radius 3 is 2.38 bits per heavy atom. The molecule has 3 aromatic rings. The molecule has 1 saturated heterocycles. The van der Waals surface area contributed by atoms with Crippen molar-refractivity contribution in [3.05, 3.63) is 88.5 Å². The predicted octanol–water partition coefficient (Wildman–Crippen LogP) is 4.19. The van der Waals surface area contributed by atoms with Crippen molar-refractivity contribution in [2.45, 2.75) is 33.2 Å². The van der Waals surface area contributed by atoms with Crippen LogP contribution in [0.5, 0.6) is 0 Å². The van der Waals surface area contributed by atoms with E-state index < -0.39 is 23.3 Å². The number of halogens is 1. The molecule has 0 saturated carbocycles. The van der Waals surface area contributed by atoms with Crippen LogP contribution in [0.15, 0.2) is 54.6 Å². The number of rotatable bonds is 5. The number of nitrogens with zero attached hydrogens (tertiary/aromatic N) is 2. The fourth-order valence-corrected chi connectivity index (χ4v) is 4.26. The molecule has 164 valence electrons. The Morgan fingerprint density at radius 1 is 1.03 bits per heavy atom. The minimum absolute atomic E-state index is 0.330. The molecule has 32 heavy (non-hydrogen) atoms. The van der Waals surface area contributed by atoms with E-state index in [1.165, 1.54) is 24.3 Å². The average Bonchev–Trinajstić information content (AvgIpc) is 3.16. The van der Waals surface area contributed by atoms with E-state index in [0.29, 0.717) is 11.1 Å². The molecule has 1 aliphatic heterocycles. The maximum absolute atomic E-state index is 13.3. The van der Waals surface area contributed by atoms with Crippen LogP contribution in [0, 0.1) is 26.6 Å². The van der Waals surface area contributed by atoms with Gasteiger partial charge in [0.05, 0.1) is 6.54 Å². The molecule has 0 aliphatic carbocycles. The van der Waals surface area contributed by atoms with Gasteiger partial charge in [-0.15, -0.1) is 0 Å². The van der Waals surface area contributed by atoms with Gasteiger partial charge in [0.15, 0.2) is 5.78 Å². The predicted molar refractivity (Wildman–Crippen MR) is 118 cm³/mol. The van der Waals surface area contributed by atoms with Gasteiger partial charge in [0.25, 0.3) is 5.91 Å². The van der Waals surface area contributed by atoms with Gasteiger partial charge < -0.3 is 9.88 Å². The Balaban J connectivity index is 1.61. The lowest BCUT2D eigenvalue weighted by atomic mass is 9.92. The van der Waals surface area contributed by atoms with E-state index in [1.54, 1.807) is 13.0 Å². The molecule has 0 bridgehead atoms. The van der Waals surface area contributed by atoms with Crippen LogP contribution in [0.3, 0.4) is 0 Å². The Hall–Kier alpha value is -3.74. The van der Waals surface area contributed by atoms with E-state index >= 15 is 0 Å². The number of amides is 3. The first-order chi connectivity index (χ1) is 15.1. The van der Waals surface area contributed by atoms with Crippen molar-refractivity contribution in [2.75, 3.05) is 6.54 Å². The number of carbonyl (C=O) groups excluding carboxylic acids is 3. The topological polar surface area (TPSA) is 71.4 Å². The van der Waals surface area contributed by atoms with Crippen molar-refractivity contribution in [2.24, 2.45) is 0 Å². The van der Waals surface area contributed by atoms with Crippen LogP contribution < -0.4 is 5.32 Å². The van der Waals surface area contributed by atoms with Gasteiger partial charge in [-0.3, -0.25) is 14.5 Å². The number of Topliss-reactive ketones (excluding diaryl/α,β-unsaturated/α-hetero) is 1. The summed E-state index contributed by atoms with van der Waals surface area (Å²) < 4.78 is 15.3. The zero-order valence-corrected chi connectivity index (χ0v) is 18.4. The minimum atomic E-state index is -1.36. The van der Waals surface area contributed by atoms with Crippen molar-refractivity contribution < 1.29 is 18.8 Å². The third kappa shape index (κ3) is 3.49. The molecule has 1 unspecified atom stereocenters. The first-order valence-corrected chi connectivity index (χ1v) is 10.3. The summed E-state index contributed by atoms with van der Waals surface area (Å²) in [4.78, 5) is 39.7.